The number of rotatable bonds is 16. The second-order valence-electron chi connectivity index (χ2n) is 35.4. The van der Waals surface area contributed by atoms with E-state index in [1.165, 1.54) is 195 Å². The third kappa shape index (κ3) is 12.6. The molecule has 0 saturated heterocycles. The van der Waals surface area contributed by atoms with Crippen molar-refractivity contribution in [2.24, 2.45) is 0 Å². The van der Waals surface area contributed by atoms with Crippen LogP contribution in [0.2, 0.25) is 0 Å². The highest BCUT2D eigenvalue weighted by Gasteiger charge is 2.45. The van der Waals surface area contributed by atoms with E-state index in [1.54, 1.807) is 0 Å². The zero-order chi connectivity index (χ0) is 85.9. The Labute approximate surface area is 756 Å². The molecule has 1 nitrogen and oxygen atoms in total. The molecule has 0 N–H and O–H groups in total. The molecule has 4 aliphatic carbocycles. The van der Waals surface area contributed by atoms with Crippen LogP contribution in [0, 0.1) is 27.7 Å². The quantitative estimate of drug-likeness (QED) is 0.0932. The molecule has 0 aliphatic heterocycles. The lowest BCUT2D eigenvalue weighted by atomic mass is 9.72. The van der Waals surface area contributed by atoms with Gasteiger partial charge in [0, 0.05) is 35.1 Å². The van der Waals surface area contributed by atoms with Crippen LogP contribution in [0.4, 0.5) is 17.1 Å². The molecule has 20 aromatic rings. The Morgan fingerprint density at radius 3 is 0.876 bits per heavy atom. The Bertz CT molecular complexity index is 7850. The maximum absolute atomic E-state index is 2.94. The van der Waals surface area contributed by atoms with Crippen LogP contribution >= 0.6 is 0 Å². The molecule has 24 rings (SSSR count). The summed E-state index contributed by atoms with van der Waals surface area (Å²) in [6, 6.07) is 165. The zero-order valence-corrected chi connectivity index (χ0v) is 72.8. The molecule has 20 aromatic carbocycles. The van der Waals surface area contributed by atoms with Gasteiger partial charge in [-0.1, -0.05) is 413 Å². The van der Waals surface area contributed by atoms with Crippen molar-refractivity contribution in [1.29, 1.82) is 0 Å². The first kappa shape index (κ1) is 76.8. The van der Waals surface area contributed by atoms with E-state index in [0.29, 0.717) is 19.3 Å². The van der Waals surface area contributed by atoms with E-state index >= 15 is 0 Å². The smallest absolute Gasteiger partial charge is 0.0589 e. The molecule has 129 heavy (non-hydrogen) atoms. The van der Waals surface area contributed by atoms with E-state index in [2.05, 4.69) is 463 Å². The predicted molar refractivity (Wildman–Crippen MR) is 544 cm³/mol. The van der Waals surface area contributed by atoms with E-state index in [9.17, 15) is 0 Å². The Hall–Kier alpha value is -15.8. The summed E-state index contributed by atoms with van der Waals surface area (Å²) in [4.78, 5) is 2.94. The lowest BCUT2D eigenvalue weighted by Crippen LogP contribution is -2.20. The molecule has 0 saturated carbocycles. The van der Waals surface area contributed by atoms with Gasteiger partial charge in [0.2, 0.25) is 0 Å². The van der Waals surface area contributed by atoms with Crippen molar-refractivity contribution in [3.05, 3.63) is 497 Å². The Kier molecular flexibility index (Phi) is 18.9. The fourth-order valence-corrected chi connectivity index (χ4v) is 22.4. The summed E-state index contributed by atoms with van der Waals surface area (Å²) in [7, 11) is 0. The largest absolute Gasteiger partial charge is 0.308 e. The van der Waals surface area contributed by atoms with Crippen molar-refractivity contribution >= 4 is 17.1 Å². The molecule has 0 fully saturated rings. The van der Waals surface area contributed by atoms with Crippen LogP contribution in [-0.2, 0) is 25.7 Å². The second-order valence-corrected chi connectivity index (χ2v) is 35.4. The van der Waals surface area contributed by atoms with Crippen LogP contribution in [0.3, 0.4) is 0 Å². The lowest BCUT2D eigenvalue weighted by molar-refractivity contribution is 1.15. The molecule has 0 radical (unpaired) electrons. The van der Waals surface area contributed by atoms with Crippen molar-refractivity contribution in [1.82, 2.24) is 0 Å². The minimum absolute atomic E-state index is 0.556. The summed E-state index contributed by atoms with van der Waals surface area (Å²) in [6.45, 7) is 9.51. The molecule has 0 unspecified atom stereocenters. The highest BCUT2D eigenvalue weighted by molar-refractivity contribution is 6.22. The first-order valence-corrected chi connectivity index (χ1v) is 45.6. The topological polar surface area (TPSA) is 3.24 Å². The standard InChI is InChI=1S/C128H91N/c1-80-67-70-101(84-41-15-5-16-42-84)114(82(80)3)103-72-69-97-76-113-124(119(97)121(103)122-110-73-94-61-35-38-64-98(94)107(110)77-104(86-45-19-7-20-46-86)115(122)89-51-25-10-26-52-89)125(123-111-74-95-62-36-39-65-99(95)108(111)78-105(87-47-21-8-22-48-87)116(123)90-53-27-11-28-54-90)118(92-57-31-13-32-58-92)120(93-59-33-14-34-60-93)128(113)129(126-83(4)81(2)68-71-102(126)85-43-17-6-18-44-85)127-112-75-96-63-37-40-66-100(96)109(112)79-106(88-49-23-9-24-50-88)117(127)91-55-29-12-30-56-91/h5-72,77-79H,73-76H2,1-4H3. The first-order valence-electron chi connectivity index (χ1n) is 45.6. The third-order valence-corrected chi connectivity index (χ3v) is 28.4. The zero-order valence-electron chi connectivity index (χ0n) is 72.8. The van der Waals surface area contributed by atoms with Gasteiger partial charge >= 0.3 is 0 Å². The number of fused-ring (bicyclic) bond motifs is 12. The van der Waals surface area contributed by atoms with Gasteiger partial charge in [0.15, 0.2) is 0 Å². The molecule has 1 heteroatoms. The van der Waals surface area contributed by atoms with Gasteiger partial charge in [-0.3, -0.25) is 0 Å². The van der Waals surface area contributed by atoms with Gasteiger partial charge in [-0.15, -0.1) is 0 Å². The monoisotopic (exact) mass is 1640 g/mol. The maximum Gasteiger partial charge on any atom is 0.0589 e. The minimum atomic E-state index is 0.556. The van der Waals surface area contributed by atoms with E-state index in [4.69, 9.17) is 0 Å². The van der Waals surface area contributed by atoms with Crippen molar-refractivity contribution in [2.45, 2.75) is 53.4 Å². The molecule has 0 amide bonds. The Balaban J connectivity index is 1.02. The van der Waals surface area contributed by atoms with Crippen molar-refractivity contribution in [2.75, 3.05) is 4.90 Å². The first-order chi connectivity index (χ1) is 63.8. The molecule has 0 heterocycles. The number of nitrogens with zero attached hydrogens (tertiary/aromatic N) is 1. The van der Waals surface area contributed by atoms with Crippen molar-refractivity contribution in [3.63, 3.8) is 0 Å². The van der Waals surface area contributed by atoms with Crippen molar-refractivity contribution < 1.29 is 0 Å². The Morgan fingerprint density at radius 1 is 0.147 bits per heavy atom. The number of benzene rings is 20. The summed E-state index contributed by atoms with van der Waals surface area (Å²) in [5.41, 5.74) is 59.4. The SMILES string of the molecule is Cc1ccc(-c2ccccc2)c(-c2ccc3c(c2-c2c4c(cc(-c5ccccc5)c2-c2ccccc2)-c2ccccc2C4)-c2c(c(N(c4c(-c5ccccc5)ccc(C)c4C)c4c5c(cc(-c6ccccc6)c4-c4ccccc4)-c4ccccc4C5)c(-c4ccccc4)c(-c4ccccc4)c2-c2c4c(cc(-c5ccccc5)c2-c2ccccc2)-c2ccccc2C4)C3)c1C. The summed E-state index contributed by atoms with van der Waals surface area (Å²) < 4.78 is 0. The molecule has 0 aromatic heterocycles. The average Bonchev–Trinajstić information content (AvgIpc) is 1.57. The van der Waals surface area contributed by atoms with E-state index in [1.807, 2.05) is 0 Å². The van der Waals surface area contributed by atoms with E-state index in [-0.39, 0.29) is 0 Å². The molecule has 0 bridgehead atoms. The van der Waals surface area contributed by atoms with Crippen molar-refractivity contribution in [3.8, 4) is 189 Å². The van der Waals surface area contributed by atoms with Gasteiger partial charge in [0.1, 0.15) is 0 Å². The van der Waals surface area contributed by atoms with Crippen LogP contribution in [0.5, 0.6) is 0 Å². The van der Waals surface area contributed by atoms with Crippen LogP contribution < -0.4 is 4.90 Å². The predicted octanol–water partition coefficient (Wildman–Crippen LogP) is 34.3. The van der Waals surface area contributed by atoms with E-state index < -0.39 is 0 Å². The fraction of sp³-hybridized carbons (Fsp3) is 0.0625. The number of hydrogen-bond donors (Lipinski definition) is 0. The van der Waals surface area contributed by atoms with Crippen LogP contribution in [0.1, 0.15) is 66.8 Å². The van der Waals surface area contributed by atoms with Gasteiger partial charge in [-0.25, -0.2) is 0 Å². The van der Waals surface area contributed by atoms with Crippen LogP contribution in [0.15, 0.2) is 431 Å². The molecule has 0 spiro atoms. The molecule has 608 valence electrons. The van der Waals surface area contributed by atoms with Gasteiger partial charge in [-0.05, 0) is 292 Å². The molecular formula is C128H91N. The second kappa shape index (κ2) is 31.7. The lowest BCUT2D eigenvalue weighted by Gasteiger charge is -2.39. The number of aryl methyl sites for hydroxylation is 2. The van der Waals surface area contributed by atoms with Crippen LogP contribution in [-0.4, -0.2) is 0 Å². The van der Waals surface area contributed by atoms with E-state index in [0.717, 1.165) is 84.7 Å². The third-order valence-electron chi connectivity index (χ3n) is 28.4. The van der Waals surface area contributed by atoms with Gasteiger partial charge in [-0.2, -0.15) is 0 Å². The molecular weight excluding hydrogens is 1550 g/mol. The van der Waals surface area contributed by atoms with Crippen LogP contribution in [0.25, 0.3) is 189 Å². The highest BCUT2D eigenvalue weighted by atomic mass is 15.2. The maximum atomic E-state index is 2.94. The van der Waals surface area contributed by atoms with Gasteiger partial charge in [0.05, 0.1) is 17.1 Å². The summed E-state index contributed by atoms with van der Waals surface area (Å²) in [5.74, 6) is 0. The summed E-state index contributed by atoms with van der Waals surface area (Å²) in [6.07, 6.45) is 2.69. The summed E-state index contributed by atoms with van der Waals surface area (Å²) in [5, 5.41) is 0. The van der Waals surface area contributed by atoms with Gasteiger partial charge < -0.3 is 4.90 Å². The normalized spacial score (nSPS) is 12.2. The van der Waals surface area contributed by atoms with Gasteiger partial charge in [0.25, 0.3) is 0 Å². The minimum Gasteiger partial charge on any atom is -0.308 e. The fourth-order valence-electron chi connectivity index (χ4n) is 22.4. The molecule has 4 aliphatic rings. The number of hydrogen-bond acceptors (Lipinski definition) is 1. The summed E-state index contributed by atoms with van der Waals surface area (Å²) >= 11 is 0. The Morgan fingerprint density at radius 2 is 0.442 bits per heavy atom. The highest BCUT2D eigenvalue weighted by Crippen LogP contribution is 2.68. The average molecular weight is 1640 g/mol. The number of anilines is 3. The molecule has 0 atom stereocenters.